The number of benzene rings is 1. The van der Waals surface area contributed by atoms with Crippen molar-refractivity contribution in [3.63, 3.8) is 0 Å². The molecule has 2 rings (SSSR count). The topological polar surface area (TPSA) is 75.3 Å². The van der Waals surface area contributed by atoms with Gasteiger partial charge in [-0.15, -0.1) is 0 Å². The van der Waals surface area contributed by atoms with Crippen LogP contribution in [0.2, 0.25) is 5.02 Å². The zero-order chi connectivity index (χ0) is 16.2. The summed E-state index contributed by atoms with van der Waals surface area (Å²) >= 11 is 9.17. The molecular formula is C14H18BrClN2O3S. The van der Waals surface area contributed by atoms with E-state index in [2.05, 4.69) is 26.0 Å². The van der Waals surface area contributed by atoms with Gasteiger partial charge < -0.3 is 5.32 Å². The highest BCUT2D eigenvalue weighted by molar-refractivity contribution is 9.10. The maximum atomic E-state index is 12.1. The Hall–Kier alpha value is -0.630. The summed E-state index contributed by atoms with van der Waals surface area (Å²) < 4.78 is 27.4. The molecule has 0 aromatic heterocycles. The van der Waals surface area contributed by atoms with Crippen molar-refractivity contribution in [2.75, 3.05) is 13.1 Å². The molecule has 0 radical (unpaired) electrons. The summed E-state index contributed by atoms with van der Waals surface area (Å²) in [6.45, 7) is 0.399. The van der Waals surface area contributed by atoms with Crippen LogP contribution in [-0.2, 0) is 14.8 Å². The summed E-state index contributed by atoms with van der Waals surface area (Å²) in [5, 5.41) is 2.92. The fourth-order valence-corrected chi connectivity index (χ4v) is 4.54. The zero-order valence-corrected chi connectivity index (χ0v) is 15.1. The largest absolute Gasteiger partial charge is 0.355 e. The van der Waals surface area contributed by atoms with E-state index in [1.807, 2.05) is 0 Å². The van der Waals surface area contributed by atoms with E-state index >= 15 is 0 Å². The van der Waals surface area contributed by atoms with E-state index in [0.29, 0.717) is 4.47 Å². The lowest BCUT2D eigenvalue weighted by Gasteiger charge is -2.11. The lowest BCUT2D eigenvalue weighted by Crippen LogP contribution is -2.37. The van der Waals surface area contributed by atoms with Crippen LogP contribution >= 0.6 is 27.5 Å². The van der Waals surface area contributed by atoms with Crippen molar-refractivity contribution in [2.24, 2.45) is 5.92 Å². The summed E-state index contributed by atoms with van der Waals surface area (Å²) in [6, 6.07) is 4.58. The van der Waals surface area contributed by atoms with Crippen LogP contribution in [0.4, 0.5) is 0 Å². The minimum absolute atomic E-state index is 0.0124. The van der Waals surface area contributed by atoms with Gasteiger partial charge in [0.1, 0.15) is 4.90 Å². The van der Waals surface area contributed by atoms with E-state index in [4.69, 9.17) is 11.6 Å². The second-order valence-corrected chi connectivity index (χ2v) is 8.30. The molecule has 0 spiro atoms. The summed E-state index contributed by atoms with van der Waals surface area (Å²) in [5.74, 6) is 0.0934. The third-order valence-electron chi connectivity index (χ3n) is 3.63. The van der Waals surface area contributed by atoms with Gasteiger partial charge in [0.25, 0.3) is 0 Å². The Bertz CT molecular complexity index is 645. The molecule has 1 aromatic rings. The summed E-state index contributed by atoms with van der Waals surface area (Å²) in [7, 11) is -3.68. The smallest absolute Gasteiger partial charge is 0.242 e. The van der Waals surface area contributed by atoms with Gasteiger partial charge in [0.15, 0.2) is 0 Å². The number of rotatable bonds is 6. The molecule has 0 unspecified atom stereocenters. The van der Waals surface area contributed by atoms with E-state index in [1.165, 1.54) is 12.1 Å². The van der Waals surface area contributed by atoms with Crippen molar-refractivity contribution in [2.45, 2.75) is 30.6 Å². The molecule has 1 fully saturated rings. The lowest BCUT2D eigenvalue weighted by atomic mass is 10.1. The quantitative estimate of drug-likeness (QED) is 0.709. The van der Waals surface area contributed by atoms with E-state index in [1.54, 1.807) is 6.07 Å². The molecule has 22 heavy (non-hydrogen) atoms. The van der Waals surface area contributed by atoms with E-state index < -0.39 is 10.0 Å². The number of halogens is 2. The highest BCUT2D eigenvalue weighted by Gasteiger charge is 2.22. The van der Waals surface area contributed by atoms with Gasteiger partial charge in [-0.25, -0.2) is 13.1 Å². The van der Waals surface area contributed by atoms with Gasteiger partial charge in [0.2, 0.25) is 15.9 Å². The number of sulfonamides is 1. The molecule has 0 saturated heterocycles. The summed E-state index contributed by atoms with van der Waals surface area (Å²) in [5.41, 5.74) is 0. The number of nitrogens with one attached hydrogen (secondary N) is 2. The molecule has 1 aliphatic rings. The van der Waals surface area contributed by atoms with Gasteiger partial charge in [-0.1, -0.05) is 40.4 Å². The molecule has 0 heterocycles. The first kappa shape index (κ1) is 17.7. The first-order valence-corrected chi connectivity index (χ1v) is 9.78. The second-order valence-electron chi connectivity index (χ2n) is 5.24. The predicted molar refractivity (Wildman–Crippen MR) is 89.3 cm³/mol. The number of carbonyl (C=O) groups is 1. The highest BCUT2D eigenvalue weighted by atomic mass is 79.9. The molecule has 122 valence electrons. The van der Waals surface area contributed by atoms with Crippen molar-refractivity contribution in [3.05, 3.63) is 27.7 Å². The minimum atomic E-state index is -3.68. The van der Waals surface area contributed by atoms with Crippen molar-refractivity contribution in [1.82, 2.24) is 10.0 Å². The monoisotopic (exact) mass is 408 g/mol. The first-order chi connectivity index (χ1) is 10.4. The van der Waals surface area contributed by atoms with Crippen molar-refractivity contribution in [3.8, 4) is 0 Å². The molecule has 0 aliphatic heterocycles. The maximum Gasteiger partial charge on any atom is 0.242 e. The van der Waals surface area contributed by atoms with Crippen LogP contribution in [0.3, 0.4) is 0 Å². The molecule has 1 aliphatic carbocycles. The van der Waals surface area contributed by atoms with Gasteiger partial charge in [0, 0.05) is 23.5 Å². The average Bonchev–Trinajstić information content (AvgIpc) is 2.97. The first-order valence-electron chi connectivity index (χ1n) is 7.12. The van der Waals surface area contributed by atoms with Crippen LogP contribution in [-0.4, -0.2) is 27.4 Å². The Labute approximate surface area is 144 Å². The molecule has 5 nitrogen and oxygen atoms in total. The molecule has 0 bridgehead atoms. The molecule has 2 N–H and O–H groups in total. The summed E-state index contributed by atoms with van der Waals surface area (Å²) in [4.78, 5) is 11.8. The van der Waals surface area contributed by atoms with Crippen molar-refractivity contribution < 1.29 is 13.2 Å². The third kappa shape index (κ3) is 4.68. The van der Waals surface area contributed by atoms with Crippen LogP contribution in [0, 0.1) is 5.92 Å². The minimum Gasteiger partial charge on any atom is -0.355 e. The van der Waals surface area contributed by atoms with Gasteiger partial charge in [-0.3, -0.25) is 4.79 Å². The summed E-state index contributed by atoms with van der Waals surface area (Å²) in [6.07, 6.45) is 4.03. The Morgan fingerprint density at radius 2 is 1.95 bits per heavy atom. The second kappa shape index (κ2) is 7.77. The van der Waals surface area contributed by atoms with Crippen LogP contribution < -0.4 is 10.0 Å². The Morgan fingerprint density at radius 1 is 1.27 bits per heavy atom. The van der Waals surface area contributed by atoms with Crippen LogP contribution in [0.15, 0.2) is 27.6 Å². The molecular weight excluding hydrogens is 392 g/mol. The van der Waals surface area contributed by atoms with Crippen LogP contribution in [0.25, 0.3) is 0 Å². The number of hydrogen-bond acceptors (Lipinski definition) is 3. The van der Waals surface area contributed by atoms with Crippen molar-refractivity contribution in [1.29, 1.82) is 0 Å². The Balaban J connectivity index is 1.83. The Morgan fingerprint density at radius 3 is 2.59 bits per heavy atom. The zero-order valence-electron chi connectivity index (χ0n) is 11.9. The van der Waals surface area contributed by atoms with E-state index in [-0.39, 0.29) is 34.8 Å². The van der Waals surface area contributed by atoms with Crippen LogP contribution in [0.1, 0.15) is 25.7 Å². The number of hydrogen-bond donors (Lipinski definition) is 2. The molecule has 1 aromatic carbocycles. The molecule has 1 saturated carbocycles. The normalized spacial score (nSPS) is 15.9. The number of amides is 1. The van der Waals surface area contributed by atoms with Crippen molar-refractivity contribution >= 4 is 43.5 Å². The molecule has 8 heteroatoms. The number of carbonyl (C=O) groups excluding carboxylic acids is 1. The van der Waals surface area contributed by atoms with Gasteiger partial charge in [0.05, 0.1) is 5.02 Å². The Kier molecular flexibility index (Phi) is 6.26. The SMILES string of the molecule is O=C(NCCNS(=O)(=O)c1ccc(Br)cc1Cl)C1CCCC1. The predicted octanol–water partition coefficient (Wildman–Crippen LogP) is 2.69. The maximum absolute atomic E-state index is 12.1. The molecule has 0 atom stereocenters. The fraction of sp³-hybridized carbons (Fsp3) is 0.500. The van der Waals surface area contributed by atoms with Gasteiger partial charge in [-0.2, -0.15) is 0 Å². The third-order valence-corrected chi connectivity index (χ3v) is 6.06. The highest BCUT2D eigenvalue weighted by Crippen LogP contribution is 2.25. The van der Waals surface area contributed by atoms with E-state index in [0.717, 1.165) is 25.7 Å². The molecule has 1 amide bonds. The van der Waals surface area contributed by atoms with Gasteiger partial charge in [-0.05, 0) is 31.0 Å². The van der Waals surface area contributed by atoms with Gasteiger partial charge >= 0.3 is 0 Å². The van der Waals surface area contributed by atoms with E-state index in [9.17, 15) is 13.2 Å². The van der Waals surface area contributed by atoms with Crippen LogP contribution in [0.5, 0.6) is 0 Å². The standard InChI is InChI=1S/C14H18BrClN2O3S/c15-11-5-6-13(12(16)9-11)22(20,21)18-8-7-17-14(19)10-3-1-2-4-10/h5-6,9-10,18H,1-4,7-8H2,(H,17,19). The fourth-order valence-electron chi connectivity index (χ4n) is 2.47. The average molecular weight is 410 g/mol. The lowest BCUT2D eigenvalue weighted by molar-refractivity contribution is -0.124.